The maximum atomic E-state index is 11.9. The van der Waals surface area contributed by atoms with E-state index in [-0.39, 0.29) is 11.2 Å². The molecule has 80 valence electrons. The standard InChI is InChI=1S/C12H16N2O/c13-9-3-7-12(8-4-10-14)6-2-1-5-11(12)15/h1-8H2. The van der Waals surface area contributed by atoms with Crippen molar-refractivity contribution in [3.8, 4) is 12.1 Å². The van der Waals surface area contributed by atoms with E-state index in [9.17, 15) is 4.79 Å². The van der Waals surface area contributed by atoms with Crippen molar-refractivity contribution in [3.63, 3.8) is 0 Å². The average molecular weight is 204 g/mol. The number of hydrogen-bond donors (Lipinski definition) is 0. The van der Waals surface area contributed by atoms with E-state index in [1.807, 2.05) is 0 Å². The van der Waals surface area contributed by atoms with E-state index < -0.39 is 0 Å². The predicted molar refractivity (Wildman–Crippen MR) is 55.6 cm³/mol. The van der Waals surface area contributed by atoms with Gasteiger partial charge in [-0.1, -0.05) is 6.42 Å². The number of nitriles is 2. The van der Waals surface area contributed by atoms with Crippen LogP contribution in [-0.2, 0) is 4.79 Å². The fraction of sp³-hybridized carbons (Fsp3) is 0.750. The molecule has 1 aliphatic carbocycles. The van der Waals surface area contributed by atoms with Gasteiger partial charge >= 0.3 is 0 Å². The van der Waals surface area contributed by atoms with Crippen LogP contribution in [0.15, 0.2) is 0 Å². The van der Waals surface area contributed by atoms with Crippen LogP contribution in [0, 0.1) is 28.1 Å². The minimum atomic E-state index is -0.344. The van der Waals surface area contributed by atoms with Crippen molar-refractivity contribution in [2.45, 2.75) is 51.4 Å². The van der Waals surface area contributed by atoms with Crippen molar-refractivity contribution in [2.75, 3.05) is 0 Å². The third-order valence-electron chi connectivity index (χ3n) is 3.33. The van der Waals surface area contributed by atoms with E-state index in [1.165, 1.54) is 0 Å². The topological polar surface area (TPSA) is 64.7 Å². The van der Waals surface area contributed by atoms with E-state index in [1.54, 1.807) is 0 Å². The summed E-state index contributed by atoms with van der Waals surface area (Å²) in [5.41, 5.74) is -0.344. The molecule has 1 saturated carbocycles. The van der Waals surface area contributed by atoms with E-state index in [4.69, 9.17) is 10.5 Å². The highest BCUT2D eigenvalue weighted by molar-refractivity contribution is 5.85. The Labute approximate surface area is 90.7 Å². The molecule has 3 nitrogen and oxygen atoms in total. The van der Waals surface area contributed by atoms with E-state index in [2.05, 4.69) is 12.1 Å². The van der Waals surface area contributed by atoms with Crippen LogP contribution in [0.3, 0.4) is 0 Å². The Morgan fingerprint density at radius 3 is 2.20 bits per heavy atom. The number of rotatable bonds is 4. The third-order valence-corrected chi connectivity index (χ3v) is 3.33. The molecule has 0 unspecified atom stereocenters. The second-order valence-corrected chi connectivity index (χ2v) is 4.23. The molecule has 0 atom stereocenters. The van der Waals surface area contributed by atoms with E-state index >= 15 is 0 Å². The Bertz CT molecular complexity index is 291. The van der Waals surface area contributed by atoms with Crippen molar-refractivity contribution in [1.82, 2.24) is 0 Å². The van der Waals surface area contributed by atoms with Crippen molar-refractivity contribution >= 4 is 5.78 Å². The Hall–Kier alpha value is -1.35. The number of carbonyl (C=O) groups is 1. The van der Waals surface area contributed by atoms with Gasteiger partial charge in [-0.3, -0.25) is 4.79 Å². The van der Waals surface area contributed by atoms with Crippen LogP contribution in [0.2, 0.25) is 0 Å². The summed E-state index contributed by atoms with van der Waals surface area (Å²) < 4.78 is 0. The van der Waals surface area contributed by atoms with Crippen molar-refractivity contribution in [3.05, 3.63) is 0 Å². The molecule has 0 aromatic carbocycles. The first-order valence-electron chi connectivity index (χ1n) is 5.52. The van der Waals surface area contributed by atoms with Gasteiger partial charge in [0.05, 0.1) is 12.1 Å². The third kappa shape index (κ3) is 2.80. The minimum absolute atomic E-state index is 0.277. The van der Waals surface area contributed by atoms with Gasteiger partial charge in [0.15, 0.2) is 0 Å². The molecule has 0 saturated heterocycles. The van der Waals surface area contributed by atoms with E-state index in [0.717, 1.165) is 19.3 Å². The second-order valence-electron chi connectivity index (χ2n) is 4.23. The van der Waals surface area contributed by atoms with Crippen LogP contribution < -0.4 is 0 Å². The number of ketones is 1. The number of nitrogens with zero attached hydrogens (tertiary/aromatic N) is 2. The fourth-order valence-electron chi connectivity index (χ4n) is 2.40. The maximum Gasteiger partial charge on any atom is 0.139 e. The monoisotopic (exact) mass is 204 g/mol. The predicted octanol–water partition coefficient (Wildman–Crippen LogP) is 2.72. The van der Waals surface area contributed by atoms with Gasteiger partial charge < -0.3 is 0 Å². The average Bonchev–Trinajstić information content (AvgIpc) is 2.27. The molecular formula is C12H16N2O. The van der Waals surface area contributed by atoms with Gasteiger partial charge in [0.25, 0.3) is 0 Å². The van der Waals surface area contributed by atoms with Crippen molar-refractivity contribution < 1.29 is 4.79 Å². The zero-order chi connectivity index (χ0) is 11.1. The molecule has 15 heavy (non-hydrogen) atoms. The van der Waals surface area contributed by atoms with Gasteiger partial charge in [-0.15, -0.1) is 0 Å². The van der Waals surface area contributed by atoms with Gasteiger partial charge in [-0.05, 0) is 25.7 Å². The molecule has 0 heterocycles. The zero-order valence-corrected chi connectivity index (χ0v) is 8.96. The first-order chi connectivity index (χ1) is 7.25. The summed E-state index contributed by atoms with van der Waals surface area (Å²) in [6.07, 6.45) is 5.68. The highest BCUT2D eigenvalue weighted by Crippen LogP contribution is 2.41. The SMILES string of the molecule is N#CCCC1(CCC#N)CCCCC1=O. The molecular weight excluding hydrogens is 188 g/mol. The summed E-state index contributed by atoms with van der Waals surface area (Å²) in [4.78, 5) is 11.9. The van der Waals surface area contributed by atoms with Crippen LogP contribution >= 0.6 is 0 Å². The van der Waals surface area contributed by atoms with Crippen LogP contribution in [0.5, 0.6) is 0 Å². The fourth-order valence-corrected chi connectivity index (χ4v) is 2.40. The molecule has 0 N–H and O–H groups in total. The quantitative estimate of drug-likeness (QED) is 0.707. The van der Waals surface area contributed by atoms with Crippen LogP contribution in [0.1, 0.15) is 51.4 Å². The summed E-state index contributed by atoms with van der Waals surface area (Å²) >= 11 is 0. The highest BCUT2D eigenvalue weighted by atomic mass is 16.1. The van der Waals surface area contributed by atoms with E-state index in [0.29, 0.717) is 32.1 Å². The summed E-state index contributed by atoms with van der Waals surface area (Å²) in [6.45, 7) is 0. The molecule has 0 aliphatic heterocycles. The Kier molecular flexibility index (Phi) is 4.31. The maximum absolute atomic E-state index is 11.9. The molecule has 3 heteroatoms. The normalized spacial score (nSPS) is 19.2. The van der Waals surface area contributed by atoms with Crippen LogP contribution in [-0.4, -0.2) is 5.78 Å². The Morgan fingerprint density at radius 2 is 1.73 bits per heavy atom. The molecule has 1 aliphatic rings. The molecule has 0 aromatic rings. The second kappa shape index (κ2) is 5.51. The minimum Gasteiger partial charge on any atom is -0.299 e. The first kappa shape index (κ1) is 11.7. The van der Waals surface area contributed by atoms with Crippen molar-refractivity contribution in [2.24, 2.45) is 5.41 Å². The molecule has 0 bridgehead atoms. The summed E-state index contributed by atoms with van der Waals surface area (Å²) in [7, 11) is 0. The van der Waals surface area contributed by atoms with Crippen LogP contribution in [0.25, 0.3) is 0 Å². The number of hydrogen-bond acceptors (Lipinski definition) is 3. The Balaban J connectivity index is 2.70. The smallest absolute Gasteiger partial charge is 0.139 e. The largest absolute Gasteiger partial charge is 0.299 e. The van der Waals surface area contributed by atoms with Gasteiger partial charge in [0.2, 0.25) is 0 Å². The van der Waals surface area contributed by atoms with Gasteiger partial charge in [0, 0.05) is 24.7 Å². The van der Waals surface area contributed by atoms with Gasteiger partial charge in [-0.25, -0.2) is 0 Å². The van der Waals surface area contributed by atoms with Gasteiger partial charge in [0.1, 0.15) is 5.78 Å². The molecule has 1 fully saturated rings. The molecule has 0 aromatic heterocycles. The molecule has 0 radical (unpaired) electrons. The Morgan fingerprint density at radius 1 is 1.13 bits per heavy atom. The summed E-state index contributed by atoms with van der Waals surface area (Å²) in [5.74, 6) is 0.277. The molecule has 1 rings (SSSR count). The van der Waals surface area contributed by atoms with Gasteiger partial charge in [-0.2, -0.15) is 10.5 Å². The lowest BCUT2D eigenvalue weighted by atomic mass is 9.67. The number of Topliss-reactive ketones (excluding diaryl/α,β-unsaturated/α-hetero) is 1. The summed E-state index contributed by atoms with van der Waals surface area (Å²) in [6, 6.07) is 4.20. The molecule has 0 spiro atoms. The number of carbonyl (C=O) groups excluding carboxylic acids is 1. The van der Waals surface area contributed by atoms with Crippen molar-refractivity contribution in [1.29, 1.82) is 10.5 Å². The zero-order valence-electron chi connectivity index (χ0n) is 8.96. The lowest BCUT2D eigenvalue weighted by Crippen LogP contribution is -2.34. The first-order valence-corrected chi connectivity index (χ1v) is 5.52. The summed E-state index contributed by atoms with van der Waals surface area (Å²) in [5, 5.41) is 17.2. The lowest BCUT2D eigenvalue weighted by Gasteiger charge is -2.34. The lowest BCUT2D eigenvalue weighted by molar-refractivity contribution is -0.132. The van der Waals surface area contributed by atoms with Crippen LogP contribution in [0.4, 0.5) is 0 Å². The highest BCUT2D eigenvalue weighted by Gasteiger charge is 2.38. The molecule has 0 amide bonds.